The van der Waals surface area contributed by atoms with Crippen molar-refractivity contribution in [2.75, 3.05) is 5.32 Å². The van der Waals surface area contributed by atoms with E-state index >= 15 is 0 Å². The normalized spacial score (nSPS) is 10.2. The summed E-state index contributed by atoms with van der Waals surface area (Å²) >= 11 is 0. The second kappa shape index (κ2) is 4.25. The number of nitrogens with one attached hydrogen (secondary N) is 1. The van der Waals surface area contributed by atoms with E-state index in [-0.39, 0.29) is 10.6 Å². The summed E-state index contributed by atoms with van der Waals surface area (Å²) in [7, 11) is 1.81. The highest BCUT2D eigenvalue weighted by atomic mass is 16.6. The summed E-state index contributed by atoms with van der Waals surface area (Å²) in [4.78, 5) is 10.4. The number of aryl methyl sites for hydroxylation is 1. The minimum absolute atomic E-state index is 0.110. The smallest absolute Gasteiger partial charge is 0.274 e. The van der Waals surface area contributed by atoms with Crippen molar-refractivity contribution in [1.82, 2.24) is 9.78 Å². The first kappa shape index (κ1) is 11.1. The van der Waals surface area contributed by atoms with Gasteiger partial charge in [0.05, 0.1) is 22.4 Å². The van der Waals surface area contributed by atoms with Crippen molar-refractivity contribution < 1.29 is 4.92 Å². The average Bonchev–Trinajstić information content (AvgIpc) is 2.67. The number of nitro groups is 1. The van der Waals surface area contributed by atoms with Crippen molar-refractivity contribution in [3.8, 4) is 0 Å². The van der Waals surface area contributed by atoms with Crippen molar-refractivity contribution in [2.24, 2.45) is 7.05 Å². The van der Waals surface area contributed by atoms with Gasteiger partial charge in [-0.3, -0.25) is 14.8 Å². The number of rotatable bonds is 3. The molecule has 0 atom stereocenters. The molecule has 0 saturated heterocycles. The maximum atomic E-state index is 10.8. The zero-order chi connectivity index (χ0) is 12.4. The molecular weight excluding hydrogens is 220 g/mol. The summed E-state index contributed by atoms with van der Waals surface area (Å²) < 4.78 is 1.66. The van der Waals surface area contributed by atoms with Gasteiger partial charge in [-0.2, -0.15) is 5.10 Å². The number of aromatic nitrogens is 2. The van der Waals surface area contributed by atoms with Crippen LogP contribution < -0.4 is 5.32 Å². The van der Waals surface area contributed by atoms with E-state index in [1.807, 2.05) is 7.05 Å². The molecule has 88 valence electrons. The van der Waals surface area contributed by atoms with Gasteiger partial charge in [0.2, 0.25) is 0 Å². The van der Waals surface area contributed by atoms with Crippen LogP contribution in [0.4, 0.5) is 17.1 Å². The van der Waals surface area contributed by atoms with Gasteiger partial charge in [-0.25, -0.2) is 0 Å². The van der Waals surface area contributed by atoms with Crippen LogP contribution in [0.1, 0.15) is 5.56 Å². The number of nitro benzene ring substituents is 1. The lowest BCUT2D eigenvalue weighted by atomic mass is 10.1. The molecule has 0 unspecified atom stereocenters. The summed E-state index contributed by atoms with van der Waals surface area (Å²) in [5.74, 6) is 0. The fourth-order valence-corrected chi connectivity index (χ4v) is 1.60. The zero-order valence-corrected chi connectivity index (χ0v) is 9.54. The molecule has 6 heteroatoms. The topological polar surface area (TPSA) is 73.0 Å². The van der Waals surface area contributed by atoms with Crippen LogP contribution in [0.2, 0.25) is 0 Å². The van der Waals surface area contributed by atoms with Gasteiger partial charge in [0.1, 0.15) is 0 Å². The van der Waals surface area contributed by atoms with Crippen LogP contribution in [0, 0.1) is 17.0 Å². The molecule has 1 heterocycles. The molecule has 0 bridgehead atoms. The third-order valence-electron chi connectivity index (χ3n) is 2.49. The van der Waals surface area contributed by atoms with E-state index in [4.69, 9.17) is 0 Å². The van der Waals surface area contributed by atoms with Crippen LogP contribution in [-0.4, -0.2) is 14.7 Å². The van der Waals surface area contributed by atoms with Crippen molar-refractivity contribution in [3.63, 3.8) is 0 Å². The van der Waals surface area contributed by atoms with E-state index in [0.29, 0.717) is 11.3 Å². The minimum Gasteiger partial charge on any atom is -0.353 e. The van der Waals surface area contributed by atoms with E-state index < -0.39 is 0 Å². The van der Waals surface area contributed by atoms with Gasteiger partial charge in [0.15, 0.2) is 0 Å². The quantitative estimate of drug-likeness (QED) is 0.651. The van der Waals surface area contributed by atoms with E-state index in [2.05, 4.69) is 10.4 Å². The van der Waals surface area contributed by atoms with Crippen molar-refractivity contribution in [1.29, 1.82) is 0 Å². The number of hydrogen-bond donors (Lipinski definition) is 1. The first-order valence-electron chi connectivity index (χ1n) is 5.07. The zero-order valence-electron chi connectivity index (χ0n) is 9.54. The largest absolute Gasteiger partial charge is 0.353 e. The average molecular weight is 232 g/mol. The summed E-state index contributed by atoms with van der Waals surface area (Å²) in [6.45, 7) is 1.72. The summed E-state index contributed by atoms with van der Waals surface area (Å²) in [6, 6.07) is 4.95. The number of benzene rings is 1. The van der Waals surface area contributed by atoms with Gasteiger partial charge in [-0.1, -0.05) is 6.07 Å². The van der Waals surface area contributed by atoms with E-state index in [0.717, 1.165) is 5.69 Å². The van der Waals surface area contributed by atoms with Gasteiger partial charge in [-0.05, 0) is 13.0 Å². The first-order chi connectivity index (χ1) is 8.08. The van der Waals surface area contributed by atoms with Crippen LogP contribution in [-0.2, 0) is 7.05 Å². The molecular formula is C11H12N4O2. The molecule has 0 aliphatic heterocycles. The van der Waals surface area contributed by atoms with Crippen LogP contribution in [0.25, 0.3) is 0 Å². The molecule has 2 aromatic rings. The molecule has 1 N–H and O–H groups in total. The highest BCUT2D eigenvalue weighted by molar-refractivity contribution is 5.66. The number of nitrogens with zero attached hydrogens (tertiary/aromatic N) is 3. The van der Waals surface area contributed by atoms with E-state index in [1.165, 1.54) is 6.07 Å². The molecule has 0 aliphatic carbocycles. The number of hydrogen-bond acceptors (Lipinski definition) is 4. The van der Waals surface area contributed by atoms with Crippen LogP contribution in [0.3, 0.4) is 0 Å². The highest BCUT2D eigenvalue weighted by Crippen LogP contribution is 2.27. The van der Waals surface area contributed by atoms with Gasteiger partial charge < -0.3 is 5.32 Å². The molecule has 1 aromatic carbocycles. The third-order valence-corrected chi connectivity index (χ3v) is 2.49. The SMILES string of the molecule is Cc1c(Nc2cnn(C)c2)cccc1[N+](=O)[O-]. The second-order valence-corrected chi connectivity index (χ2v) is 3.73. The molecule has 1 aromatic heterocycles. The Balaban J connectivity index is 2.33. The lowest BCUT2D eigenvalue weighted by Gasteiger charge is -2.07. The van der Waals surface area contributed by atoms with Gasteiger partial charge >= 0.3 is 0 Å². The predicted molar refractivity (Wildman–Crippen MR) is 64.3 cm³/mol. The molecule has 6 nitrogen and oxygen atoms in total. The Labute approximate surface area is 98.0 Å². The lowest BCUT2D eigenvalue weighted by molar-refractivity contribution is -0.385. The van der Waals surface area contributed by atoms with Crippen molar-refractivity contribution >= 4 is 17.1 Å². The van der Waals surface area contributed by atoms with E-state index in [9.17, 15) is 10.1 Å². The minimum atomic E-state index is -0.385. The number of anilines is 2. The maximum Gasteiger partial charge on any atom is 0.274 e. The highest BCUT2D eigenvalue weighted by Gasteiger charge is 2.13. The lowest BCUT2D eigenvalue weighted by Crippen LogP contribution is -1.97. The van der Waals surface area contributed by atoms with Crippen LogP contribution in [0.5, 0.6) is 0 Å². The Morgan fingerprint density at radius 3 is 2.82 bits per heavy atom. The van der Waals surface area contributed by atoms with Crippen LogP contribution in [0.15, 0.2) is 30.6 Å². The Morgan fingerprint density at radius 1 is 1.47 bits per heavy atom. The molecule has 0 aliphatic rings. The molecule has 0 amide bonds. The molecule has 0 saturated carbocycles. The first-order valence-corrected chi connectivity index (χ1v) is 5.07. The Bertz CT molecular complexity index is 562. The molecule has 0 spiro atoms. The molecule has 17 heavy (non-hydrogen) atoms. The fourth-order valence-electron chi connectivity index (χ4n) is 1.60. The predicted octanol–water partition coefficient (Wildman–Crippen LogP) is 2.38. The molecule has 0 radical (unpaired) electrons. The molecule has 2 rings (SSSR count). The van der Waals surface area contributed by atoms with Crippen LogP contribution >= 0.6 is 0 Å². The summed E-state index contributed by atoms with van der Waals surface area (Å²) in [6.07, 6.45) is 3.47. The van der Waals surface area contributed by atoms with E-state index in [1.54, 1.807) is 36.1 Å². The third kappa shape index (κ3) is 2.25. The monoisotopic (exact) mass is 232 g/mol. The maximum absolute atomic E-state index is 10.8. The van der Waals surface area contributed by atoms with Crippen molar-refractivity contribution in [2.45, 2.75) is 6.92 Å². The standard InChI is InChI=1S/C11H12N4O2/c1-8-10(4-3-5-11(8)15(16)17)13-9-6-12-14(2)7-9/h3-7,13H,1-2H3. The second-order valence-electron chi connectivity index (χ2n) is 3.73. The van der Waals surface area contributed by atoms with Gasteiger partial charge in [0.25, 0.3) is 5.69 Å². The van der Waals surface area contributed by atoms with Gasteiger partial charge in [-0.15, -0.1) is 0 Å². The summed E-state index contributed by atoms with van der Waals surface area (Å²) in [5, 5.41) is 17.9. The Morgan fingerprint density at radius 2 is 2.24 bits per heavy atom. The Kier molecular flexibility index (Phi) is 2.78. The van der Waals surface area contributed by atoms with Crippen molar-refractivity contribution in [3.05, 3.63) is 46.3 Å². The molecule has 0 fully saturated rings. The Hall–Kier alpha value is -2.37. The fraction of sp³-hybridized carbons (Fsp3) is 0.182. The van der Waals surface area contributed by atoms with Gasteiger partial charge in [0, 0.05) is 25.0 Å². The summed E-state index contributed by atoms with van der Waals surface area (Å²) in [5.41, 5.74) is 2.24.